The third-order valence-corrected chi connectivity index (χ3v) is 3.41. The fourth-order valence-electron chi connectivity index (χ4n) is 1.87. The average molecular weight is 303 g/mol. The van der Waals surface area contributed by atoms with Gasteiger partial charge in [-0.05, 0) is 59.7 Å². The van der Waals surface area contributed by atoms with Gasteiger partial charge in [0.05, 0.1) is 6.10 Å². The summed E-state index contributed by atoms with van der Waals surface area (Å²) in [7, 11) is 0. The van der Waals surface area contributed by atoms with E-state index in [1.54, 1.807) is 0 Å². The number of nitrogens with one attached hydrogen (secondary N) is 1. The Hall–Kier alpha value is -0.130. The molecule has 1 aliphatic heterocycles. The quantitative estimate of drug-likeness (QED) is 0.820. The Morgan fingerprint density at radius 1 is 1.36 bits per heavy atom. The summed E-state index contributed by atoms with van der Waals surface area (Å²) in [5, 5.41) is 13.4. The van der Waals surface area contributed by atoms with Crippen LogP contribution in [-0.2, 0) is 0 Å². The third kappa shape index (κ3) is 2.27. The van der Waals surface area contributed by atoms with Crippen LogP contribution in [0.25, 0.3) is 0 Å². The lowest BCUT2D eigenvalue weighted by Gasteiger charge is -2.18. The lowest BCUT2D eigenvalue weighted by Crippen LogP contribution is -2.28. The van der Waals surface area contributed by atoms with Gasteiger partial charge in [0.25, 0.3) is 0 Å². The molecule has 2 rings (SSSR count). The van der Waals surface area contributed by atoms with Crippen LogP contribution in [0.3, 0.4) is 0 Å². The molecule has 2 nitrogen and oxygen atoms in total. The van der Waals surface area contributed by atoms with Crippen molar-refractivity contribution in [3.63, 3.8) is 0 Å². The van der Waals surface area contributed by atoms with Crippen molar-refractivity contribution in [3.05, 3.63) is 33.4 Å². The molecule has 14 heavy (non-hydrogen) atoms. The van der Waals surface area contributed by atoms with E-state index >= 15 is 0 Å². The van der Waals surface area contributed by atoms with Crippen molar-refractivity contribution in [2.75, 3.05) is 6.54 Å². The van der Waals surface area contributed by atoms with Crippen LogP contribution >= 0.6 is 22.6 Å². The van der Waals surface area contributed by atoms with Crippen molar-refractivity contribution < 1.29 is 5.11 Å². The second-order valence-corrected chi connectivity index (χ2v) is 4.94. The molecule has 0 aliphatic carbocycles. The van der Waals surface area contributed by atoms with Crippen LogP contribution in [0.1, 0.15) is 24.5 Å². The molecule has 1 heterocycles. The highest BCUT2D eigenvalue weighted by molar-refractivity contribution is 14.1. The molecule has 0 amide bonds. The van der Waals surface area contributed by atoms with Gasteiger partial charge in [-0.2, -0.15) is 0 Å². The zero-order valence-electron chi connectivity index (χ0n) is 7.91. The zero-order valence-corrected chi connectivity index (χ0v) is 10.1. The minimum atomic E-state index is -0.352. The zero-order chi connectivity index (χ0) is 9.97. The summed E-state index contributed by atoms with van der Waals surface area (Å²) in [4.78, 5) is 0. The predicted octanol–water partition coefficient (Wildman–Crippen LogP) is 2.08. The molecule has 2 N–H and O–H groups in total. The largest absolute Gasteiger partial charge is 0.387 e. The molecule has 0 aromatic heterocycles. The Morgan fingerprint density at radius 3 is 2.64 bits per heavy atom. The first-order chi connectivity index (χ1) is 6.77. The first-order valence-corrected chi connectivity index (χ1v) is 6.02. The average Bonchev–Trinajstić information content (AvgIpc) is 2.71. The van der Waals surface area contributed by atoms with Crippen LogP contribution < -0.4 is 5.32 Å². The van der Waals surface area contributed by atoms with Gasteiger partial charge >= 0.3 is 0 Å². The van der Waals surface area contributed by atoms with Gasteiger partial charge in [0, 0.05) is 9.61 Å². The van der Waals surface area contributed by atoms with Crippen LogP contribution in [-0.4, -0.2) is 17.7 Å². The van der Waals surface area contributed by atoms with E-state index in [-0.39, 0.29) is 12.1 Å². The van der Waals surface area contributed by atoms with Crippen LogP contribution in [0.2, 0.25) is 0 Å². The number of aliphatic hydroxyl groups is 1. The van der Waals surface area contributed by atoms with E-state index in [1.807, 2.05) is 24.3 Å². The Kier molecular flexibility index (Phi) is 3.41. The van der Waals surface area contributed by atoms with Gasteiger partial charge in [0.2, 0.25) is 0 Å². The summed E-state index contributed by atoms with van der Waals surface area (Å²) < 4.78 is 1.21. The molecule has 0 saturated carbocycles. The van der Waals surface area contributed by atoms with Crippen LogP contribution in [0.5, 0.6) is 0 Å². The lowest BCUT2D eigenvalue weighted by molar-refractivity contribution is 0.137. The second-order valence-electron chi connectivity index (χ2n) is 3.70. The Morgan fingerprint density at radius 2 is 2.07 bits per heavy atom. The first-order valence-electron chi connectivity index (χ1n) is 4.94. The first kappa shape index (κ1) is 10.4. The van der Waals surface area contributed by atoms with Gasteiger partial charge < -0.3 is 10.4 Å². The van der Waals surface area contributed by atoms with Crippen molar-refractivity contribution >= 4 is 22.6 Å². The maximum absolute atomic E-state index is 10.0. The monoisotopic (exact) mass is 303 g/mol. The predicted molar refractivity (Wildman–Crippen MR) is 65.1 cm³/mol. The third-order valence-electron chi connectivity index (χ3n) is 2.69. The Labute approximate surface area is 97.9 Å². The number of benzene rings is 1. The highest BCUT2D eigenvalue weighted by atomic mass is 127. The SMILES string of the molecule is OC(c1ccc(I)cc1)C1CCCN1. The molecule has 1 aliphatic rings. The van der Waals surface area contributed by atoms with Gasteiger partial charge in [-0.3, -0.25) is 0 Å². The van der Waals surface area contributed by atoms with Crippen molar-refractivity contribution in [2.45, 2.75) is 25.0 Å². The van der Waals surface area contributed by atoms with Gasteiger partial charge in [0.1, 0.15) is 0 Å². The van der Waals surface area contributed by atoms with Gasteiger partial charge in [-0.1, -0.05) is 12.1 Å². The van der Waals surface area contributed by atoms with Gasteiger partial charge in [-0.15, -0.1) is 0 Å². The van der Waals surface area contributed by atoms with Gasteiger partial charge in [0.15, 0.2) is 0 Å². The summed E-state index contributed by atoms with van der Waals surface area (Å²) in [5.74, 6) is 0. The van der Waals surface area contributed by atoms with Crippen LogP contribution in [0.15, 0.2) is 24.3 Å². The molecular weight excluding hydrogens is 289 g/mol. The number of aliphatic hydroxyl groups excluding tert-OH is 1. The molecule has 1 aromatic rings. The Bertz CT molecular complexity index is 293. The number of rotatable bonds is 2. The normalized spacial score (nSPS) is 23.7. The standard InChI is InChI=1S/C11H14INO/c12-9-5-3-8(4-6-9)11(14)10-2-1-7-13-10/h3-6,10-11,13-14H,1-2,7H2. The maximum Gasteiger partial charge on any atom is 0.0942 e. The number of halogens is 1. The van der Waals surface area contributed by atoms with Crippen molar-refractivity contribution in [3.8, 4) is 0 Å². The summed E-state index contributed by atoms with van der Waals surface area (Å²) in [6, 6.07) is 8.33. The highest BCUT2D eigenvalue weighted by Crippen LogP contribution is 2.23. The summed E-state index contributed by atoms with van der Waals surface area (Å²) >= 11 is 2.27. The number of hydrogen-bond acceptors (Lipinski definition) is 2. The minimum Gasteiger partial charge on any atom is -0.387 e. The fraction of sp³-hybridized carbons (Fsp3) is 0.455. The van der Waals surface area contributed by atoms with Gasteiger partial charge in [-0.25, -0.2) is 0 Å². The molecule has 3 heteroatoms. The summed E-state index contributed by atoms with van der Waals surface area (Å²) in [6.07, 6.45) is 1.90. The molecule has 76 valence electrons. The summed E-state index contributed by atoms with van der Waals surface area (Å²) in [6.45, 7) is 1.03. The van der Waals surface area contributed by atoms with E-state index in [9.17, 15) is 5.11 Å². The maximum atomic E-state index is 10.0. The molecule has 0 bridgehead atoms. The molecule has 1 fully saturated rings. The molecular formula is C11H14INO. The van der Waals surface area contributed by atoms with Crippen LogP contribution in [0.4, 0.5) is 0 Å². The molecule has 0 radical (unpaired) electrons. The van der Waals surface area contributed by atoms with E-state index in [0.29, 0.717) is 0 Å². The smallest absolute Gasteiger partial charge is 0.0942 e. The van der Waals surface area contributed by atoms with Crippen molar-refractivity contribution in [2.24, 2.45) is 0 Å². The molecule has 2 atom stereocenters. The van der Waals surface area contributed by atoms with E-state index in [1.165, 1.54) is 9.99 Å². The van der Waals surface area contributed by atoms with Crippen LogP contribution in [0, 0.1) is 3.57 Å². The topological polar surface area (TPSA) is 32.3 Å². The molecule has 0 spiro atoms. The molecule has 2 unspecified atom stereocenters. The van der Waals surface area contributed by atoms with Crippen molar-refractivity contribution in [1.82, 2.24) is 5.32 Å². The highest BCUT2D eigenvalue weighted by Gasteiger charge is 2.23. The Balaban J connectivity index is 2.09. The van der Waals surface area contributed by atoms with E-state index < -0.39 is 0 Å². The summed E-state index contributed by atoms with van der Waals surface area (Å²) in [5.41, 5.74) is 1.02. The number of hydrogen-bond donors (Lipinski definition) is 2. The van der Waals surface area contributed by atoms with E-state index in [4.69, 9.17) is 0 Å². The van der Waals surface area contributed by atoms with Crippen molar-refractivity contribution in [1.29, 1.82) is 0 Å². The lowest BCUT2D eigenvalue weighted by atomic mass is 10.0. The fourth-order valence-corrected chi connectivity index (χ4v) is 2.23. The van der Waals surface area contributed by atoms with E-state index in [0.717, 1.165) is 18.5 Å². The molecule has 1 aromatic carbocycles. The minimum absolute atomic E-state index is 0.245. The van der Waals surface area contributed by atoms with E-state index in [2.05, 4.69) is 27.9 Å². The molecule has 1 saturated heterocycles. The second kappa shape index (κ2) is 4.59.